The van der Waals surface area contributed by atoms with Gasteiger partial charge in [-0.1, -0.05) is 0 Å². The smallest absolute Gasteiger partial charge is 0.358 e. The molecule has 4 aliphatic carbocycles. The predicted octanol–water partition coefficient (Wildman–Crippen LogP) is 6.49. The molecule has 9 heteroatoms. The molecule has 0 spiro atoms. The Balaban J connectivity index is 1.27. The maximum absolute atomic E-state index is 13.8. The number of carbonyl (C=O) groups excluding carboxylic acids is 2. The highest BCUT2D eigenvalue weighted by atomic mass is 16.6. The summed E-state index contributed by atoms with van der Waals surface area (Å²) in [6.07, 6.45) is 10.3. The van der Waals surface area contributed by atoms with E-state index in [1.165, 1.54) is 45.6 Å². The van der Waals surface area contributed by atoms with Crippen LogP contribution in [0, 0.1) is 24.7 Å². The molecule has 0 unspecified atom stereocenters. The van der Waals surface area contributed by atoms with Gasteiger partial charge in [-0.05, 0) is 120 Å². The maximum Gasteiger partial charge on any atom is 0.358 e. The Morgan fingerprint density at radius 1 is 0.911 bits per heavy atom. The van der Waals surface area contributed by atoms with Gasteiger partial charge in [-0.25, -0.2) is 14.6 Å². The Morgan fingerprint density at radius 3 is 2.22 bits per heavy atom. The van der Waals surface area contributed by atoms with Gasteiger partial charge in [-0.3, -0.25) is 4.68 Å². The first-order chi connectivity index (χ1) is 21.5. The molecule has 9 nitrogen and oxygen atoms in total. The third-order valence-corrected chi connectivity index (χ3v) is 10.5. The van der Waals surface area contributed by atoms with Gasteiger partial charge in [0.15, 0.2) is 5.69 Å². The van der Waals surface area contributed by atoms with Gasteiger partial charge in [0, 0.05) is 35.5 Å². The highest BCUT2D eigenvalue weighted by molar-refractivity contribution is 5.96. The van der Waals surface area contributed by atoms with Gasteiger partial charge in [-0.2, -0.15) is 5.10 Å². The number of ether oxygens (including phenoxy) is 3. The third kappa shape index (κ3) is 5.18. The van der Waals surface area contributed by atoms with Crippen molar-refractivity contribution in [3.05, 3.63) is 58.5 Å². The number of benzene rings is 1. The number of carbonyl (C=O) groups is 2. The minimum atomic E-state index is -0.680. The lowest BCUT2D eigenvalue weighted by molar-refractivity contribution is -0.0503. The van der Waals surface area contributed by atoms with Crippen LogP contribution in [0.4, 0.5) is 5.82 Å². The van der Waals surface area contributed by atoms with Crippen LogP contribution in [0.3, 0.4) is 0 Å². The lowest BCUT2D eigenvalue weighted by atomic mass is 9.53. The van der Waals surface area contributed by atoms with E-state index in [9.17, 15) is 9.59 Å². The second kappa shape index (κ2) is 10.9. The number of methoxy groups -OCH3 is 2. The monoisotopic (exact) mass is 612 g/mol. The van der Waals surface area contributed by atoms with Crippen LogP contribution >= 0.6 is 0 Å². The number of hydrogen-bond acceptors (Lipinski definition) is 8. The Morgan fingerprint density at radius 2 is 1.60 bits per heavy atom. The highest BCUT2D eigenvalue weighted by Gasteiger charge is 2.53. The number of pyridine rings is 1. The maximum atomic E-state index is 13.8. The topological polar surface area (TPSA) is 95.8 Å². The van der Waals surface area contributed by atoms with Gasteiger partial charge in [0.25, 0.3) is 0 Å². The van der Waals surface area contributed by atoms with E-state index < -0.39 is 11.6 Å². The van der Waals surface area contributed by atoms with E-state index in [1.807, 2.05) is 45.2 Å². The number of nitrogens with zero attached hydrogens (tertiary/aromatic N) is 4. The molecule has 238 valence electrons. The largest absolute Gasteiger partial charge is 0.496 e. The minimum absolute atomic E-state index is 0.0795. The van der Waals surface area contributed by atoms with E-state index in [4.69, 9.17) is 24.3 Å². The summed E-state index contributed by atoms with van der Waals surface area (Å²) in [6.45, 7) is 8.82. The second-order valence-corrected chi connectivity index (χ2v) is 14.7. The van der Waals surface area contributed by atoms with Crippen molar-refractivity contribution in [2.45, 2.75) is 90.3 Å². The summed E-state index contributed by atoms with van der Waals surface area (Å²) < 4.78 is 18.9. The van der Waals surface area contributed by atoms with Crippen LogP contribution in [0.15, 0.2) is 30.5 Å². The van der Waals surface area contributed by atoms with Crippen molar-refractivity contribution in [3.63, 3.8) is 0 Å². The summed E-state index contributed by atoms with van der Waals surface area (Å²) in [6, 6.07) is 7.52. The van der Waals surface area contributed by atoms with E-state index in [0.29, 0.717) is 30.9 Å². The molecular weight excluding hydrogens is 568 g/mol. The molecule has 0 atom stereocenters. The molecule has 1 aliphatic heterocycles. The van der Waals surface area contributed by atoms with Gasteiger partial charge in [-0.15, -0.1) is 0 Å². The first kappa shape index (κ1) is 29.8. The van der Waals surface area contributed by atoms with E-state index >= 15 is 0 Å². The van der Waals surface area contributed by atoms with Crippen molar-refractivity contribution in [2.24, 2.45) is 17.8 Å². The summed E-state index contributed by atoms with van der Waals surface area (Å²) in [5.74, 6) is 2.95. The van der Waals surface area contributed by atoms with E-state index in [2.05, 4.69) is 16.5 Å². The Labute approximate surface area is 265 Å². The molecule has 0 saturated heterocycles. The van der Waals surface area contributed by atoms with Gasteiger partial charge in [0.05, 0.1) is 31.5 Å². The summed E-state index contributed by atoms with van der Waals surface area (Å²) in [5.41, 5.74) is 4.77. The molecule has 2 aromatic heterocycles. The number of anilines is 1. The Kier molecular flexibility index (Phi) is 7.21. The highest BCUT2D eigenvalue weighted by Crippen LogP contribution is 2.59. The van der Waals surface area contributed by atoms with Crippen LogP contribution in [-0.4, -0.2) is 53.1 Å². The van der Waals surface area contributed by atoms with Crippen molar-refractivity contribution < 1.29 is 23.8 Å². The quantitative estimate of drug-likeness (QED) is 0.292. The normalized spacial score (nSPS) is 25.2. The average Bonchev–Trinajstić information content (AvgIpc) is 3.39. The average molecular weight is 613 g/mol. The summed E-state index contributed by atoms with van der Waals surface area (Å²) in [7, 11) is 3.03. The molecule has 0 amide bonds. The number of hydrogen-bond donors (Lipinski definition) is 0. The molecule has 1 aromatic carbocycles. The fourth-order valence-electron chi connectivity index (χ4n) is 9.13. The lowest BCUT2D eigenvalue weighted by Gasteiger charge is -2.57. The minimum Gasteiger partial charge on any atom is -0.496 e. The van der Waals surface area contributed by atoms with Crippen LogP contribution in [-0.2, 0) is 28.0 Å². The standard InChI is InChI=1S/C36H44N4O5/c1-21-28(19-37-40(21)36-16-22-13-23(17-36)15-24(14-22)18-36)26-8-10-31(38-32(26)34(42)45-35(2,3)4)39-12-11-25-29(20-39)27(33(41)44-6)7-9-30(25)43-5/h7-10,19,22-24H,11-18,20H2,1-6H3. The SMILES string of the molecule is COC(=O)c1ccc(OC)c2c1CN(c1ccc(-c3cnn(C45CC6CC(CC(C6)C4)C5)c3C)c(C(=O)OC(C)(C)C)n1)CC2. The van der Waals surface area contributed by atoms with E-state index in [1.54, 1.807) is 13.2 Å². The van der Waals surface area contributed by atoms with Gasteiger partial charge >= 0.3 is 11.9 Å². The molecule has 4 bridgehead atoms. The second-order valence-electron chi connectivity index (χ2n) is 14.7. The number of rotatable bonds is 6. The first-order valence-electron chi connectivity index (χ1n) is 16.3. The van der Waals surface area contributed by atoms with E-state index in [-0.39, 0.29) is 17.2 Å². The third-order valence-electron chi connectivity index (χ3n) is 10.5. The lowest BCUT2D eigenvalue weighted by Crippen LogP contribution is -2.52. The Hall–Kier alpha value is -3.88. The Bertz CT molecular complexity index is 1630. The molecular formula is C36H44N4O5. The van der Waals surface area contributed by atoms with Crippen molar-refractivity contribution >= 4 is 17.8 Å². The molecule has 3 heterocycles. The molecule has 5 aliphatic rings. The van der Waals surface area contributed by atoms with Crippen molar-refractivity contribution in [3.8, 4) is 16.9 Å². The van der Waals surface area contributed by atoms with E-state index in [0.717, 1.165) is 51.5 Å². The van der Waals surface area contributed by atoms with Gasteiger partial charge in [0.2, 0.25) is 0 Å². The molecule has 4 saturated carbocycles. The first-order valence-corrected chi connectivity index (χ1v) is 16.3. The molecule has 4 fully saturated rings. The number of esters is 2. The van der Waals surface area contributed by atoms with Gasteiger partial charge < -0.3 is 19.1 Å². The zero-order valence-corrected chi connectivity index (χ0v) is 27.3. The zero-order valence-electron chi connectivity index (χ0n) is 27.3. The summed E-state index contributed by atoms with van der Waals surface area (Å²) in [4.78, 5) is 33.5. The van der Waals surface area contributed by atoms with Crippen molar-refractivity contribution in [1.82, 2.24) is 14.8 Å². The number of fused-ring (bicyclic) bond motifs is 1. The fraction of sp³-hybridized carbons (Fsp3) is 0.556. The van der Waals surface area contributed by atoms with Crippen LogP contribution < -0.4 is 9.64 Å². The summed E-state index contributed by atoms with van der Waals surface area (Å²) in [5, 5.41) is 5.02. The predicted molar refractivity (Wildman–Crippen MR) is 171 cm³/mol. The van der Waals surface area contributed by atoms with Crippen molar-refractivity contribution in [2.75, 3.05) is 25.7 Å². The van der Waals surface area contributed by atoms with Crippen molar-refractivity contribution in [1.29, 1.82) is 0 Å². The molecule has 8 rings (SSSR count). The fourth-order valence-corrected chi connectivity index (χ4v) is 9.13. The molecule has 0 radical (unpaired) electrons. The molecule has 45 heavy (non-hydrogen) atoms. The molecule has 3 aromatic rings. The van der Waals surface area contributed by atoms with Gasteiger partial charge in [0.1, 0.15) is 17.2 Å². The van der Waals surface area contributed by atoms with Crippen LogP contribution in [0.1, 0.15) is 97.0 Å². The van der Waals surface area contributed by atoms with Crippen LogP contribution in [0.2, 0.25) is 0 Å². The van der Waals surface area contributed by atoms with Crippen LogP contribution in [0.25, 0.3) is 11.1 Å². The van der Waals surface area contributed by atoms with Crippen LogP contribution in [0.5, 0.6) is 5.75 Å². The number of aromatic nitrogens is 3. The molecule has 0 N–H and O–H groups in total. The zero-order chi connectivity index (χ0) is 31.7. The summed E-state index contributed by atoms with van der Waals surface area (Å²) >= 11 is 0.